The van der Waals surface area contributed by atoms with Crippen LogP contribution in [-0.2, 0) is 14.3 Å². The standard InChI is InChI=1S/C23H45NO4/c1-5-6-7-8-9-10-11-12-15-18-23(24(26)22(2,3)20-28-23)19-16-13-14-17-21(25)27-4/h26H,5-20H2,1-4H3. The number of hydroxylamine groups is 2. The number of methoxy groups -OCH3 is 1. The number of ether oxygens (including phenoxy) is 2. The summed E-state index contributed by atoms with van der Waals surface area (Å²) in [7, 11) is 1.43. The normalized spacial score (nSPS) is 21.9. The quantitative estimate of drug-likeness (QED) is 0.246. The Morgan fingerprint density at radius 3 is 1.89 bits per heavy atom. The van der Waals surface area contributed by atoms with Crippen LogP contribution < -0.4 is 0 Å². The van der Waals surface area contributed by atoms with Crippen molar-refractivity contribution in [3.05, 3.63) is 0 Å². The average molecular weight is 400 g/mol. The molecule has 0 aliphatic carbocycles. The third kappa shape index (κ3) is 8.79. The molecule has 1 aliphatic heterocycles. The van der Waals surface area contributed by atoms with Gasteiger partial charge in [-0.25, -0.2) is 0 Å². The molecule has 0 aromatic rings. The van der Waals surface area contributed by atoms with Crippen LogP contribution in [0.4, 0.5) is 0 Å². The maximum Gasteiger partial charge on any atom is 0.305 e. The lowest BCUT2D eigenvalue weighted by Crippen LogP contribution is -2.50. The molecule has 0 radical (unpaired) electrons. The highest BCUT2D eigenvalue weighted by Gasteiger charge is 2.50. The van der Waals surface area contributed by atoms with E-state index in [-0.39, 0.29) is 11.5 Å². The zero-order valence-corrected chi connectivity index (χ0v) is 18.9. The van der Waals surface area contributed by atoms with E-state index in [1.807, 2.05) is 13.8 Å². The van der Waals surface area contributed by atoms with Crippen molar-refractivity contribution in [3.63, 3.8) is 0 Å². The summed E-state index contributed by atoms with van der Waals surface area (Å²) in [4.78, 5) is 11.2. The fraction of sp³-hybridized carbons (Fsp3) is 0.957. The minimum atomic E-state index is -0.560. The fourth-order valence-corrected chi connectivity index (χ4v) is 4.13. The molecule has 1 rings (SSSR count). The molecule has 0 saturated carbocycles. The Balaban J connectivity index is 2.33. The first-order valence-corrected chi connectivity index (χ1v) is 11.6. The van der Waals surface area contributed by atoms with E-state index in [0.717, 1.165) is 38.5 Å². The van der Waals surface area contributed by atoms with E-state index in [1.165, 1.54) is 63.5 Å². The lowest BCUT2D eigenvalue weighted by atomic mass is 9.95. The summed E-state index contributed by atoms with van der Waals surface area (Å²) in [6.45, 7) is 6.87. The second-order valence-electron chi connectivity index (χ2n) is 9.07. The number of carbonyl (C=O) groups excluding carboxylic acids is 1. The van der Waals surface area contributed by atoms with Crippen LogP contribution >= 0.6 is 0 Å². The first-order valence-electron chi connectivity index (χ1n) is 11.6. The first kappa shape index (κ1) is 25.4. The first-order chi connectivity index (χ1) is 13.4. The molecular formula is C23H45NO4. The van der Waals surface area contributed by atoms with E-state index in [2.05, 4.69) is 6.92 Å². The molecule has 0 amide bonds. The number of carbonyl (C=O) groups is 1. The number of hydrogen-bond acceptors (Lipinski definition) is 5. The van der Waals surface area contributed by atoms with E-state index in [9.17, 15) is 10.0 Å². The van der Waals surface area contributed by atoms with Crippen LogP contribution in [0.2, 0.25) is 0 Å². The fourth-order valence-electron chi connectivity index (χ4n) is 4.13. The van der Waals surface area contributed by atoms with E-state index in [1.54, 1.807) is 0 Å². The van der Waals surface area contributed by atoms with Crippen molar-refractivity contribution in [1.82, 2.24) is 5.06 Å². The Bertz CT molecular complexity index is 427. The Kier molecular flexibility index (Phi) is 12.3. The molecule has 0 spiro atoms. The van der Waals surface area contributed by atoms with Gasteiger partial charge in [0.05, 0.1) is 19.3 Å². The smallest absolute Gasteiger partial charge is 0.305 e. The van der Waals surface area contributed by atoms with Crippen LogP contribution in [0.5, 0.6) is 0 Å². The predicted molar refractivity (Wildman–Crippen MR) is 113 cm³/mol. The molecule has 0 aromatic heterocycles. The van der Waals surface area contributed by atoms with Crippen LogP contribution in [0.1, 0.15) is 117 Å². The molecule has 5 heteroatoms. The number of nitrogens with zero attached hydrogens (tertiary/aromatic N) is 1. The molecule has 1 saturated heterocycles. The monoisotopic (exact) mass is 399 g/mol. The highest BCUT2D eigenvalue weighted by atomic mass is 16.6. The molecule has 1 fully saturated rings. The van der Waals surface area contributed by atoms with Gasteiger partial charge in [-0.3, -0.25) is 4.79 Å². The largest absolute Gasteiger partial charge is 0.469 e. The Morgan fingerprint density at radius 2 is 1.43 bits per heavy atom. The summed E-state index contributed by atoms with van der Waals surface area (Å²) < 4.78 is 10.9. The van der Waals surface area contributed by atoms with Crippen molar-refractivity contribution >= 4 is 5.97 Å². The van der Waals surface area contributed by atoms with Gasteiger partial charge >= 0.3 is 5.97 Å². The molecule has 1 heterocycles. The molecule has 166 valence electrons. The molecule has 0 bridgehead atoms. The predicted octanol–water partition coefficient (Wildman–Crippen LogP) is 6.23. The molecule has 5 nitrogen and oxygen atoms in total. The Labute approximate surface area is 173 Å². The number of unbranched alkanes of at least 4 members (excludes halogenated alkanes) is 10. The maximum atomic E-state index is 11.2. The van der Waals surface area contributed by atoms with Crippen molar-refractivity contribution in [2.24, 2.45) is 0 Å². The highest BCUT2D eigenvalue weighted by molar-refractivity contribution is 5.68. The van der Waals surface area contributed by atoms with Crippen molar-refractivity contribution in [1.29, 1.82) is 0 Å². The van der Waals surface area contributed by atoms with Crippen molar-refractivity contribution in [2.45, 2.75) is 128 Å². The van der Waals surface area contributed by atoms with Gasteiger partial charge in [0, 0.05) is 6.42 Å². The lowest BCUT2D eigenvalue weighted by molar-refractivity contribution is -0.256. The van der Waals surface area contributed by atoms with Crippen molar-refractivity contribution in [2.75, 3.05) is 13.7 Å². The minimum Gasteiger partial charge on any atom is -0.469 e. The van der Waals surface area contributed by atoms with Crippen LogP contribution in [-0.4, -0.2) is 41.2 Å². The zero-order valence-electron chi connectivity index (χ0n) is 18.9. The summed E-state index contributed by atoms with van der Waals surface area (Å²) in [5, 5.41) is 12.3. The number of hydrogen-bond donors (Lipinski definition) is 1. The van der Waals surface area contributed by atoms with Crippen molar-refractivity contribution in [3.8, 4) is 0 Å². The van der Waals surface area contributed by atoms with Gasteiger partial charge in [0.25, 0.3) is 0 Å². The molecule has 1 atom stereocenters. The maximum absolute atomic E-state index is 11.2. The van der Waals surface area contributed by atoms with E-state index < -0.39 is 5.72 Å². The highest BCUT2D eigenvalue weighted by Crippen LogP contribution is 2.40. The van der Waals surface area contributed by atoms with Gasteiger partial charge in [0.2, 0.25) is 0 Å². The van der Waals surface area contributed by atoms with Gasteiger partial charge in [-0.05, 0) is 46.0 Å². The SMILES string of the molecule is CCCCCCCCCCCC1(CCCCCC(=O)OC)OCC(C)(C)N1O. The zero-order chi connectivity index (χ0) is 20.9. The molecule has 28 heavy (non-hydrogen) atoms. The molecule has 1 unspecified atom stereocenters. The van der Waals surface area contributed by atoms with Gasteiger partial charge in [0.15, 0.2) is 0 Å². The van der Waals surface area contributed by atoms with Crippen molar-refractivity contribution < 1.29 is 19.5 Å². The third-order valence-electron chi connectivity index (χ3n) is 6.00. The summed E-state index contributed by atoms with van der Waals surface area (Å²) >= 11 is 0. The number of esters is 1. The molecule has 1 aliphatic rings. The summed E-state index contributed by atoms with van der Waals surface area (Å²) in [6.07, 6.45) is 16.5. The third-order valence-corrected chi connectivity index (χ3v) is 6.00. The Hall–Kier alpha value is -0.650. The summed E-state index contributed by atoms with van der Waals surface area (Å²) in [5.41, 5.74) is -0.902. The van der Waals surface area contributed by atoms with Gasteiger partial charge in [-0.1, -0.05) is 64.7 Å². The van der Waals surface area contributed by atoms with Gasteiger partial charge in [-0.2, -0.15) is 5.06 Å². The lowest BCUT2D eigenvalue weighted by Gasteiger charge is -2.37. The van der Waals surface area contributed by atoms with Gasteiger partial charge < -0.3 is 14.7 Å². The molecular weight excluding hydrogens is 354 g/mol. The van der Waals surface area contributed by atoms with E-state index >= 15 is 0 Å². The van der Waals surface area contributed by atoms with Gasteiger partial charge in [0.1, 0.15) is 5.72 Å². The van der Waals surface area contributed by atoms with Crippen LogP contribution in [0.15, 0.2) is 0 Å². The van der Waals surface area contributed by atoms with Gasteiger partial charge in [-0.15, -0.1) is 0 Å². The summed E-state index contributed by atoms with van der Waals surface area (Å²) in [6, 6.07) is 0. The van der Waals surface area contributed by atoms with Crippen LogP contribution in [0, 0.1) is 0 Å². The molecule has 1 N–H and O–H groups in total. The summed E-state index contributed by atoms with van der Waals surface area (Å²) in [5.74, 6) is -0.147. The van der Waals surface area contributed by atoms with E-state index in [0.29, 0.717) is 13.0 Å². The average Bonchev–Trinajstić information content (AvgIpc) is 2.90. The second kappa shape index (κ2) is 13.6. The Morgan fingerprint density at radius 1 is 0.929 bits per heavy atom. The van der Waals surface area contributed by atoms with Crippen LogP contribution in [0.25, 0.3) is 0 Å². The van der Waals surface area contributed by atoms with E-state index in [4.69, 9.17) is 9.47 Å². The molecule has 0 aromatic carbocycles. The van der Waals surface area contributed by atoms with Crippen LogP contribution in [0.3, 0.4) is 0 Å². The second-order valence-corrected chi connectivity index (χ2v) is 9.07. The number of rotatable bonds is 16. The minimum absolute atomic E-state index is 0.147. The topological polar surface area (TPSA) is 59.0 Å².